The third kappa shape index (κ3) is 6.40. The van der Waals surface area contributed by atoms with Gasteiger partial charge < -0.3 is 10.1 Å². The van der Waals surface area contributed by atoms with Crippen LogP contribution in [-0.4, -0.2) is 24.7 Å². The molecular formula is C13H22N2O. The third-order valence-corrected chi connectivity index (χ3v) is 2.39. The van der Waals surface area contributed by atoms with Crippen molar-refractivity contribution in [2.45, 2.75) is 32.6 Å². The molecule has 3 nitrogen and oxygen atoms in total. The predicted octanol–water partition coefficient (Wildman–Crippen LogP) is 2.63. The molecule has 0 atom stereocenters. The normalized spacial score (nSPS) is 10.3. The Bertz CT molecular complexity index is 251. The van der Waals surface area contributed by atoms with Gasteiger partial charge in [0.25, 0.3) is 0 Å². The van der Waals surface area contributed by atoms with Crippen LogP contribution in [0.1, 0.15) is 32.6 Å². The van der Waals surface area contributed by atoms with Crippen LogP contribution in [0.15, 0.2) is 24.5 Å². The van der Waals surface area contributed by atoms with Gasteiger partial charge in [0, 0.05) is 12.7 Å². The Morgan fingerprint density at radius 3 is 2.94 bits per heavy atom. The summed E-state index contributed by atoms with van der Waals surface area (Å²) < 4.78 is 5.51. The topological polar surface area (TPSA) is 34.1 Å². The summed E-state index contributed by atoms with van der Waals surface area (Å²) >= 11 is 0. The van der Waals surface area contributed by atoms with E-state index >= 15 is 0 Å². The lowest BCUT2D eigenvalue weighted by atomic mass is 10.2. The van der Waals surface area contributed by atoms with Crippen LogP contribution in [0.4, 0.5) is 0 Å². The minimum absolute atomic E-state index is 0.708. The molecule has 0 unspecified atom stereocenters. The molecule has 0 radical (unpaired) electrons. The molecule has 1 N–H and O–H groups in total. The molecule has 0 amide bonds. The quantitative estimate of drug-likeness (QED) is 0.652. The summed E-state index contributed by atoms with van der Waals surface area (Å²) in [4.78, 5) is 3.99. The number of pyridine rings is 1. The highest BCUT2D eigenvalue weighted by Gasteiger charge is 1.92. The highest BCUT2D eigenvalue weighted by molar-refractivity contribution is 5.15. The van der Waals surface area contributed by atoms with Crippen molar-refractivity contribution in [2.24, 2.45) is 0 Å². The molecule has 0 aliphatic heterocycles. The molecule has 0 aliphatic carbocycles. The van der Waals surface area contributed by atoms with Crippen LogP contribution in [0.5, 0.6) is 5.75 Å². The SMILES string of the molecule is CCCCCCNCCOc1cccnc1. The summed E-state index contributed by atoms with van der Waals surface area (Å²) in [5.41, 5.74) is 0. The van der Waals surface area contributed by atoms with Gasteiger partial charge in [-0.1, -0.05) is 26.2 Å². The maximum Gasteiger partial charge on any atom is 0.137 e. The van der Waals surface area contributed by atoms with Crippen molar-refractivity contribution in [2.75, 3.05) is 19.7 Å². The highest BCUT2D eigenvalue weighted by Crippen LogP contribution is 2.04. The van der Waals surface area contributed by atoms with Gasteiger partial charge in [-0.25, -0.2) is 0 Å². The van der Waals surface area contributed by atoms with Gasteiger partial charge in [-0.05, 0) is 25.1 Å². The van der Waals surface area contributed by atoms with E-state index in [0.717, 1.165) is 18.8 Å². The summed E-state index contributed by atoms with van der Waals surface area (Å²) in [5.74, 6) is 0.843. The van der Waals surface area contributed by atoms with Crippen LogP contribution in [0, 0.1) is 0 Å². The van der Waals surface area contributed by atoms with E-state index in [1.807, 2.05) is 12.1 Å². The van der Waals surface area contributed by atoms with E-state index in [0.29, 0.717) is 6.61 Å². The van der Waals surface area contributed by atoms with Crippen LogP contribution >= 0.6 is 0 Å². The van der Waals surface area contributed by atoms with Crippen molar-refractivity contribution in [3.63, 3.8) is 0 Å². The van der Waals surface area contributed by atoms with Gasteiger partial charge in [0.1, 0.15) is 12.4 Å². The summed E-state index contributed by atoms with van der Waals surface area (Å²) in [6, 6.07) is 3.81. The molecule has 0 bridgehead atoms. The number of hydrogen-bond acceptors (Lipinski definition) is 3. The molecule has 0 aliphatic rings. The van der Waals surface area contributed by atoms with Crippen LogP contribution in [0.2, 0.25) is 0 Å². The lowest BCUT2D eigenvalue weighted by Gasteiger charge is -2.06. The molecule has 3 heteroatoms. The molecule has 0 saturated heterocycles. The molecule has 90 valence electrons. The van der Waals surface area contributed by atoms with E-state index in [4.69, 9.17) is 4.74 Å². The smallest absolute Gasteiger partial charge is 0.137 e. The predicted molar refractivity (Wildman–Crippen MR) is 66.7 cm³/mol. The van der Waals surface area contributed by atoms with Crippen molar-refractivity contribution in [3.05, 3.63) is 24.5 Å². The minimum Gasteiger partial charge on any atom is -0.491 e. The van der Waals surface area contributed by atoms with Gasteiger partial charge in [-0.3, -0.25) is 4.98 Å². The first kappa shape index (κ1) is 13.0. The largest absolute Gasteiger partial charge is 0.491 e. The summed E-state index contributed by atoms with van der Waals surface area (Å²) in [5, 5.41) is 3.37. The van der Waals surface area contributed by atoms with Gasteiger partial charge >= 0.3 is 0 Å². The fourth-order valence-electron chi connectivity index (χ4n) is 1.48. The number of unbranched alkanes of at least 4 members (excludes halogenated alkanes) is 3. The third-order valence-electron chi connectivity index (χ3n) is 2.39. The number of hydrogen-bond donors (Lipinski definition) is 1. The Labute approximate surface area is 98.2 Å². The average Bonchev–Trinajstić information content (AvgIpc) is 2.34. The molecule has 0 saturated carbocycles. The average molecular weight is 222 g/mol. The summed E-state index contributed by atoms with van der Waals surface area (Å²) in [6.45, 7) is 4.94. The Kier molecular flexibility index (Phi) is 7.43. The molecular weight excluding hydrogens is 200 g/mol. The first-order chi connectivity index (χ1) is 7.93. The van der Waals surface area contributed by atoms with Gasteiger partial charge in [0.05, 0.1) is 6.20 Å². The van der Waals surface area contributed by atoms with Crippen LogP contribution < -0.4 is 10.1 Å². The van der Waals surface area contributed by atoms with Crippen molar-refractivity contribution in [1.82, 2.24) is 10.3 Å². The number of ether oxygens (including phenoxy) is 1. The van der Waals surface area contributed by atoms with E-state index in [-0.39, 0.29) is 0 Å². The fourth-order valence-corrected chi connectivity index (χ4v) is 1.48. The van der Waals surface area contributed by atoms with Crippen LogP contribution in [0.3, 0.4) is 0 Å². The lowest BCUT2D eigenvalue weighted by Crippen LogP contribution is -2.22. The minimum atomic E-state index is 0.708. The molecule has 0 fully saturated rings. The second-order valence-corrected chi connectivity index (χ2v) is 3.85. The summed E-state index contributed by atoms with van der Waals surface area (Å²) in [7, 11) is 0. The van der Waals surface area contributed by atoms with Gasteiger partial charge in [0.15, 0.2) is 0 Å². The zero-order valence-corrected chi connectivity index (χ0v) is 10.1. The van der Waals surface area contributed by atoms with Gasteiger partial charge in [-0.2, -0.15) is 0 Å². The highest BCUT2D eigenvalue weighted by atomic mass is 16.5. The standard InChI is InChI=1S/C13H22N2O/c1-2-3-4-5-8-14-10-11-16-13-7-6-9-15-12-13/h6-7,9,12,14H,2-5,8,10-11H2,1H3. The number of nitrogens with one attached hydrogen (secondary N) is 1. The molecule has 1 aromatic rings. The van der Waals surface area contributed by atoms with E-state index in [1.54, 1.807) is 12.4 Å². The van der Waals surface area contributed by atoms with E-state index in [2.05, 4.69) is 17.2 Å². The Morgan fingerprint density at radius 1 is 1.25 bits per heavy atom. The maximum absolute atomic E-state index is 5.51. The van der Waals surface area contributed by atoms with Crippen molar-refractivity contribution >= 4 is 0 Å². The zero-order valence-electron chi connectivity index (χ0n) is 10.1. The molecule has 16 heavy (non-hydrogen) atoms. The Hall–Kier alpha value is -1.09. The second-order valence-electron chi connectivity index (χ2n) is 3.85. The Morgan fingerprint density at radius 2 is 2.19 bits per heavy atom. The van der Waals surface area contributed by atoms with E-state index in [1.165, 1.54) is 25.7 Å². The number of nitrogens with zero attached hydrogens (tertiary/aromatic N) is 1. The van der Waals surface area contributed by atoms with Gasteiger partial charge in [0.2, 0.25) is 0 Å². The molecule has 1 heterocycles. The summed E-state index contributed by atoms with van der Waals surface area (Å²) in [6.07, 6.45) is 8.71. The number of aromatic nitrogens is 1. The van der Waals surface area contributed by atoms with Crippen molar-refractivity contribution in [1.29, 1.82) is 0 Å². The lowest BCUT2D eigenvalue weighted by molar-refractivity contribution is 0.312. The van der Waals surface area contributed by atoms with Crippen LogP contribution in [-0.2, 0) is 0 Å². The first-order valence-electron chi connectivity index (χ1n) is 6.17. The van der Waals surface area contributed by atoms with Crippen molar-refractivity contribution in [3.8, 4) is 5.75 Å². The first-order valence-corrected chi connectivity index (χ1v) is 6.17. The molecule has 0 aromatic carbocycles. The number of rotatable bonds is 9. The van der Waals surface area contributed by atoms with E-state index in [9.17, 15) is 0 Å². The van der Waals surface area contributed by atoms with E-state index < -0.39 is 0 Å². The molecule has 1 aromatic heterocycles. The second kappa shape index (κ2) is 9.16. The monoisotopic (exact) mass is 222 g/mol. The van der Waals surface area contributed by atoms with Crippen LogP contribution in [0.25, 0.3) is 0 Å². The Balaban J connectivity index is 1.89. The molecule has 1 rings (SSSR count). The fraction of sp³-hybridized carbons (Fsp3) is 0.615. The zero-order chi connectivity index (χ0) is 11.5. The molecule has 0 spiro atoms. The maximum atomic E-state index is 5.51. The van der Waals surface area contributed by atoms with Crippen molar-refractivity contribution < 1.29 is 4.74 Å². The van der Waals surface area contributed by atoms with Gasteiger partial charge in [-0.15, -0.1) is 0 Å².